The van der Waals surface area contributed by atoms with Gasteiger partial charge in [-0.15, -0.1) is 11.3 Å². The highest BCUT2D eigenvalue weighted by molar-refractivity contribution is 7.15. The largest absolute Gasteiger partial charge is 0.379 e. The molecule has 1 saturated heterocycles. The highest BCUT2D eigenvalue weighted by atomic mass is 32.1. The number of hydrogen-bond donors (Lipinski definition) is 1. The fourth-order valence-corrected chi connectivity index (χ4v) is 2.84. The molecule has 92 valence electrons. The van der Waals surface area contributed by atoms with Crippen molar-refractivity contribution in [3.8, 4) is 0 Å². The summed E-state index contributed by atoms with van der Waals surface area (Å²) >= 11 is 1.67. The first-order valence-electron chi connectivity index (χ1n) is 5.82. The van der Waals surface area contributed by atoms with Crippen LogP contribution in [0.4, 0.5) is 0 Å². The molecule has 1 aliphatic rings. The molecule has 0 amide bonds. The average Bonchev–Trinajstić information content (AvgIpc) is 2.89. The van der Waals surface area contributed by atoms with E-state index in [1.165, 1.54) is 5.69 Å². The van der Waals surface area contributed by atoms with E-state index in [-0.39, 0.29) is 0 Å². The number of aryl methyl sites for hydroxylation is 1. The summed E-state index contributed by atoms with van der Waals surface area (Å²) in [5.74, 6) is 0. The maximum Gasteiger partial charge on any atom is 0.194 e. The zero-order valence-corrected chi connectivity index (χ0v) is 10.7. The van der Waals surface area contributed by atoms with E-state index < -0.39 is 0 Å². The highest BCUT2D eigenvalue weighted by Gasteiger charge is 2.13. The Labute approximate surface area is 104 Å². The molecule has 0 bridgehead atoms. The van der Waals surface area contributed by atoms with Crippen LogP contribution in [0.3, 0.4) is 0 Å². The molecule has 5 nitrogen and oxygen atoms in total. The molecular formula is C11H16N4OS. The van der Waals surface area contributed by atoms with Gasteiger partial charge in [0.15, 0.2) is 4.96 Å². The molecule has 0 aliphatic carbocycles. The van der Waals surface area contributed by atoms with E-state index in [9.17, 15) is 0 Å². The predicted molar refractivity (Wildman–Crippen MR) is 67.0 cm³/mol. The van der Waals surface area contributed by atoms with Gasteiger partial charge >= 0.3 is 0 Å². The van der Waals surface area contributed by atoms with E-state index in [4.69, 9.17) is 4.74 Å². The van der Waals surface area contributed by atoms with Gasteiger partial charge in [-0.05, 0) is 6.92 Å². The molecule has 0 aromatic carbocycles. The van der Waals surface area contributed by atoms with Crippen molar-refractivity contribution in [2.45, 2.75) is 13.5 Å². The Balaban J connectivity index is 1.71. The Hall–Kier alpha value is -0.950. The fourth-order valence-electron chi connectivity index (χ4n) is 2.06. The normalized spacial score (nSPS) is 17.9. The smallest absolute Gasteiger partial charge is 0.194 e. The Bertz CT molecular complexity index is 501. The Morgan fingerprint density at radius 2 is 2.29 bits per heavy atom. The van der Waals surface area contributed by atoms with Crippen LogP contribution in [-0.4, -0.2) is 40.7 Å². The summed E-state index contributed by atoms with van der Waals surface area (Å²) < 4.78 is 7.48. The number of imidazole rings is 1. The lowest BCUT2D eigenvalue weighted by atomic mass is 10.3. The van der Waals surface area contributed by atoms with Gasteiger partial charge in [0, 0.05) is 24.7 Å². The number of nitrogens with zero attached hydrogens (tertiary/aromatic N) is 3. The third kappa shape index (κ3) is 2.21. The predicted octanol–water partition coefficient (Wildman–Crippen LogP) is 1.04. The minimum atomic E-state index is 0.812. The summed E-state index contributed by atoms with van der Waals surface area (Å²) in [6.07, 6.45) is 2.08. The molecular weight excluding hydrogens is 236 g/mol. The van der Waals surface area contributed by atoms with Gasteiger partial charge in [0.25, 0.3) is 0 Å². The van der Waals surface area contributed by atoms with Crippen molar-refractivity contribution < 1.29 is 4.74 Å². The maximum atomic E-state index is 5.32. The van der Waals surface area contributed by atoms with Gasteiger partial charge < -0.3 is 4.74 Å². The minimum absolute atomic E-state index is 0.812. The molecule has 0 spiro atoms. The summed E-state index contributed by atoms with van der Waals surface area (Å²) in [6.45, 7) is 6.41. The summed E-state index contributed by atoms with van der Waals surface area (Å²) in [4.78, 5) is 5.61. The van der Waals surface area contributed by atoms with E-state index in [0.717, 1.165) is 43.5 Å². The first-order valence-corrected chi connectivity index (χ1v) is 6.70. The number of fused-ring (bicyclic) bond motifs is 1. The van der Waals surface area contributed by atoms with Gasteiger partial charge in [0.05, 0.1) is 31.1 Å². The Morgan fingerprint density at radius 3 is 3.12 bits per heavy atom. The Morgan fingerprint density at radius 1 is 1.47 bits per heavy atom. The van der Waals surface area contributed by atoms with E-state index in [0.29, 0.717) is 0 Å². The molecule has 3 rings (SSSR count). The third-order valence-corrected chi connectivity index (χ3v) is 3.80. The monoisotopic (exact) mass is 252 g/mol. The van der Waals surface area contributed by atoms with Gasteiger partial charge in [0.1, 0.15) is 0 Å². The third-order valence-electron chi connectivity index (χ3n) is 3.04. The van der Waals surface area contributed by atoms with Crippen molar-refractivity contribution in [2.24, 2.45) is 0 Å². The number of thiazole rings is 1. The van der Waals surface area contributed by atoms with E-state index in [1.54, 1.807) is 11.3 Å². The van der Waals surface area contributed by atoms with Crippen LogP contribution in [-0.2, 0) is 11.3 Å². The number of hydrazine groups is 1. The number of ether oxygens (including phenoxy) is 1. The Kier molecular flexibility index (Phi) is 3.11. The van der Waals surface area contributed by atoms with Gasteiger partial charge in [-0.25, -0.2) is 15.4 Å². The zero-order valence-electron chi connectivity index (χ0n) is 9.85. The molecule has 0 saturated carbocycles. The molecule has 0 unspecified atom stereocenters. The second-order valence-corrected chi connectivity index (χ2v) is 5.01. The SMILES string of the molecule is Cc1nc2sccn2c1CNN1CCOCC1. The van der Waals surface area contributed by atoms with Crippen molar-refractivity contribution in [1.82, 2.24) is 19.8 Å². The van der Waals surface area contributed by atoms with E-state index >= 15 is 0 Å². The molecule has 1 fully saturated rings. The first kappa shape index (κ1) is 11.2. The minimum Gasteiger partial charge on any atom is -0.379 e. The van der Waals surface area contributed by atoms with E-state index in [1.807, 2.05) is 0 Å². The molecule has 6 heteroatoms. The van der Waals surface area contributed by atoms with Crippen molar-refractivity contribution >= 4 is 16.3 Å². The molecule has 1 aliphatic heterocycles. The first-order chi connectivity index (χ1) is 8.34. The molecule has 17 heavy (non-hydrogen) atoms. The summed E-state index contributed by atoms with van der Waals surface area (Å²) in [5, 5.41) is 4.29. The summed E-state index contributed by atoms with van der Waals surface area (Å²) in [7, 11) is 0. The van der Waals surface area contributed by atoms with Crippen LogP contribution in [0.5, 0.6) is 0 Å². The molecule has 2 aromatic rings. The van der Waals surface area contributed by atoms with Crippen LogP contribution in [0.25, 0.3) is 4.96 Å². The number of aromatic nitrogens is 2. The van der Waals surface area contributed by atoms with Crippen LogP contribution in [0.15, 0.2) is 11.6 Å². The molecule has 3 heterocycles. The van der Waals surface area contributed by atoms with Crippen molar-refractivity contribution in [2.75, 3.05) is 26.3 Å². The van der Waals surface area contributed by atoms with Gasteiger partial charge in [-0.2, -0.15) is 0 Å². The maximum absolute atomic E-state index is 5.32. The van der Waals surface area contributed by atoms with Gasteiger partial charge in [-0.3, -0.25) is 4.40 Å². The van der Waals surface area contributed by atoms with Crippen LogP contribution in [0.1, 0.15) is 11.4 Å². The second-order valence-electron chi connectivity index (χ2n) is 4.13. The zero-order chi connectivity index (χ0) is 11.7. The van der Waals surface area contributed by atoms with Gasteiger partial charge in [0.2, 0.25) is 0 Å². The van der Waals surface area contributed by atoms with Gasteiger partial charge in [-0.1, -0.05) is 0 Å². The second kappa shape index (κ2) is 4.73. The van der Waals surface area contributed by atoms with Crippen LogP contribution < -0.4 is 5.43 Å². The van der Waals surface area contributed by atoms with Crippen LogP contribution >= 0.6 is 11.3 Å². The number of nitrogens with one attached hydrogen (secondary N) is 1. The standard InChI is InChI=1S/C11H16N4OS/c1-9-10(15-4-7-17-11(15)13-9)8-12-14-2-5-16-6-3-14/h4,7,12H,2-3,5-6,8H2,1H3. The van der Waals surface area contributed by atoms with Crippen molar-refractivity contribution in [3.05, 3.63) is 23.0 Å². The van der Waals surface area contributed by atoms with E-state index in [2.05, 4.69) is 38.3 Å². The quantitative estimate of drug-likeness (QED) is 0.886. The number of rotatable bonds is 3. The average molecular weight is 252 g/mol. The van der Waals surface area contributed by atoms with Crippen molar-refractivity contribution in [3.63, 3.8) is 0 Å². The summed E-state index contributed by atoms with van der Waals surface area (Å²) in [6, 6.07) is 0. The molecule has 0 atom stereocenters. The lowest BCUT2D eigenvalue weighted by Gasteiger charge is -2.27. The summed E-state index contributed by atoms with van der Waals surface area (Å²) in [5.41, 5.74) is 5.80. The topological polar surface area (TPSA) is 41.8 Å². The molecule has 1 N–H and O–H groups in total. The molecule has 0 radical (unpaired) electrons. The molecule has 2 aromatic heterocycles. The lowest BCUT2D eigenvalue weighted by molar-refractivity contribution is 0.0103. The fraction of sp³-hybridized carbons (Fsp3) is 0.545. The number of hydrogen-bond acceptors (Lipinski definition) is 5. The van der Waals surface area contributed by atoms with Crippen molar-refractivity contribution in [1.29, 1.82) is 0 Å². The lowest BCUT2D eigenvalue weighted by Crippen LogP contribution is -2.45. The highest BCUT2D eigenvalue weighted by Crippen LogP contribution is 2.16. The number of morpholine rings is 1. The van der Waals surface area contributed by atoms with Crippen LogP contribution in [0.2, 0.25) is 0 Å². The van der Waals surface area contributed by atoms with Crippen LogP contribution in [0, 0.1) is 6.92 Å².